The smallest absolute Gasteiger partial charge is 0.236 e. The molecule has 0 aliphatic carbocycles. The highest BCUT2D eigenvalue weighted by Gasteiger charge is 2.39. The zero-order valence-electron chi connectivity index (χ0n) is 14.9. The summed E-state index contributed by atoms with van der Waals surface area (Å²) in [4.78, 5) is 17.2. The summed E-state index contributed by atoms with van der Waals surface area (Å²) in [5, 5.41) is 3.17. The van der Waals surface area contributed by atoms with Crippen LogP contribution < -0.4 is 11.1 Å². The third kappa shape index (κ3) is 5.59. The molecule has 0 saturated carbocycles. The Morgan fingerprint density at radius 3 is 2.35 bits per heavy atom. The predicted molar refractivity (Wildman–Crippen MR) is 98.0 cm³/mol. The zero-order chi connectivity index (χ0) is 16.0. The van der Waals surface area contributed by atoms with Crippen LogP contribution in [0.15, 0.2) is 0 Å². The molecule has 2 aliphatic heterocycles. The maximum Gasteiger partial charge on any atom is 0.236 e. The van der Waals surface area contributed by atoms with Crippen molar-refractivity contribution in [2.24, 2.45) is 5.73 Å². The van der Waals surface area contributed by atoms with Crippen LogP contribution in [-0.4, -0.2) is 67.1 Å². The van der Waals surface area contributed by atoms with E-state index in [1.807, 2.05) is 0 Å². The van der Waals surface area contributed by atoms with Gasteiger partial charge in [-0.2, -0.15) is 0 Å². The van der Waals surface area contributed by atoms with Crippen molar-refractivity contribution < 1.29 is 4.79 Å². The van der Waals surface area contributed by atoms with Crippen LogP contribution in [0.2, 0.25) is 0 Å². The van der Waals surface area contributed by atoms with E-state index in [2.05, 4.69) is 29.1 Å². The number of likely N-dealkylation sites (tertiary alicyclic amines) is 2. The number of piperidine rings is 2. The molecule has 2 rings (SSSR count). The molecular formula is C17H35ClN4O. The molecule has 3 N–H and O–H groups in total. The van der Waals surface area contributed by atoms with Gasteiger partial charge in [0.1, 0.15) is 0 Å². The van der Waals surface area contributed by atoms with Crippen LogP contribution in [0.25, 0.3) is 0 Å². The van der Waals surface area contributed by atoms with Gasteiger partial charge in [0.15, 0.2) is 0 Å². The Morgan fingerprint density at radius 1 is 1.17 bits per heavy atom. The van der Waals surface area contributed by atoms with Crippen LogP contribution in [0.3, 0.4) is 0 Å². The number of nitrogens with two attached hydrogens (primary N) is 1. The first-order valence-electron chi connectivity index (χ1n) is 9.04. The lowest BCUT2D eigenvalue weighted by Crippen LogP contribution is -2.62. The maximum absolute atomic E-state index is 12.2. The largest absolute Gasteiger partial charge is 0.353 e. The molecule has 1 unspecified atom stereocenters. The summed E-state index contributed by atoms with van der Waals surface area (Å²) in [6.45, 7) is 7.43. The number of carbonyl (C=O) groups excluding carboxylic acids is 1. The van der Waals surface area contributed by atoms with Crippen LogP contribution in [0, 0.1) is 0 Å². The van der Waals surface area contributed by atoms with Crippen LogP contribution in [0.4, 0.5) is 0 Å². The van der Waals surface area contributed by atoms with E-state index in [4.69, 9.17) is 5.73 Å². The molecule has 0 radical (unpaired) electrons. The number of amides is 1. The topological polar surface area (TPSA) is 61.6 Å². The van der Waals surface area contributed by atoms with Crippen molar-refractivity contribution in [3.63, 3.8) is 0 Å². The van der Waals surface area contributed by atoms with E-state index < -0.39 is 0 Å². The lowest BCUT2D eigenvalue weighted by atomic mass is 9.84. The minimum absolute atomic E-state index is 0. The van der Waals surface area contributed by atoms with Gasteiger partial charge in [0, 0.05) is 12.1 Å². The molecule has 2 saturated heterocycles. The summed E-state index contributed by atoms with van der Waals surface area (Å²) < 4.78 is 0. The summed E-state index contributed by atoms with van der Waals surface area (Å²) >= 11 is 0. The number of carbonyl (C=O) groups is 1. The van der Waals surface area contributed by atoms with Gasteiger partial charge in [0.05, 0.1) is 6.04 Å². The Balaban J connectivity index is 0.00000264. The molecule has 0 aromatic rings. The quantitative estimate of drug-likeness (QED) is 0.767. The molecule has 2 aliphatic rings. The van der Waals surface area contributed by atoms with E-state index in [0.717, 1.165) is 45.3 Å². The Bertz CT molecular complexity index is 353. The molecule has 23 heavy (non-hydrogen) atoms. The minimum atomic E-state index is -0.352. The fourth-order valence-corrected chi connectivity index (χ4v) is 3.83. The molecule has 0 aromatic carbocycles. The van der Waals surface area contributed by atoms with Gasteiger partial charge in [-0.05, 0) is 65.3 Å². The van der Waals surface area contributed by atoms with Gasteiger partial charge in [-0.1, -0.05) is 19.8 Å². The first-order chi connectivity index (χ1) is 10.6. The van der Waals surface area contributed by atoms with Gasteiger partial charge in [-0.25, -0.2) is 0 Å². The number of rotatable bonds is 6. The second-order valence-corrected chi connectivity index (χ2v) is 7.19. The van der Waals surface area contributed by atoms with E-state index in [1.165, 1.54) is 32.4 Å². The average molecular weight is 347 g/mol. The average Bonchev–Trinajstić information content (AvgIpc) is 2.55. The number of halogens is 1. The van der Waals surface area contributed by atoms with Crippen molar-refractivity contribution in [3.05, 3.63) is 0 Å². The SMILES string of the molecule is CCCC(N)C(=O)NCC1(N2CCCCC2)CCN(C)CC1.Cl. The molecule has 0 aromatic heterocycles. The van der Waals surface area contributed by atoms with Crippen molar-refractivity contribution in [1.82, 2.24) is 15.1 Å². The standard InChI is InChI=1S/C17H34N4O.ClH/c1-3-7-15(18)16(22)19-14-17(8-12-20(2)13-9-17)21-10-5-4-6-11-21;/h15H,3-14,18H2,1-2H3,(H,19,22);1H. The maximum atomic E-state index is 12.2. The van der Waals surface area contributed by atoms with E-state index >= 15 is 0 Å². The number of hydrogen-bond donors (Lipinski definition) is 2. The Hall–Kier alpha value is -0.360. The monoisotopic (exact) mass is 346 g/mol. The lowest BCUT2D eigenvalue weighted by Gasteiger charge is -2.50. The van der Waals surface area contributed by atoms with Crippen molar-refractivity contribution in [1.29, 1.82) is 0 Å². The fourth-order valence-electron chi connectivity index (χ4n) is 3.83. The van der Waals surface area contributed by atoms with Crippen molar-refractivity contribution >= 4 is 18.3 Å². The molecule has 1 atom stereocenters. The van der Waals surface area contributed by atoms with Gasteiger partial charge in [-0.15, -0.1) is 12.4 Å². The Morgan fingerprint density at radius 2 is 1.78 bits per heavy atom. The molecule has 0 bridgehead atoms. The van der Waals surface area contributed by atoms with Gasteiger partial charge in [0.2, 0.25) is 5.91 Å². The van der Waals surface area contributed by atoms with Crippen molar-refractivity contribution in [3.8, 4) is 0 Å². The molecule has 2 fully saturated rings. The van der Waals surface area contributed by atoms with Crippen molar-refractivity contribution in [2.75, 3.05) is 39.8 Å². The van der Waals surface area contributed by atoms with Gasteiger partial charge in [0.25, 0.3) is 0 Å². The number of hydrogen-bond acceptors (Lipinski definition) is 4. The summed E-state index contributed by atoms with van der Waals surface area (Å²) in [5.41, 5.74) is 6.10. The molecule has 0 spiro atoms. The second kappa shape index (κ2) is 9.82. The summed E-state index contributed by atoms with van der Waals surface area (Å²) in [5.74, 6) is 0.0252. The molecule has 136 valence electrons. The van der Waals surface area contributed by atoms with Crippen LogP contribution in [0.5, 0.6) is 0 Å². The molecule has 2 heterocycles. The Kier molecular flexibility index (Phi) is 8.83. The van der Waals surface area contributed by atoms with Crippen LogP contribution >= 0.6 is 12.4 Å². The van der Waals surface area contributed by atoms with Crippen LogP contribution in [-0.2, 0) is 4.79 Å². The first-order valence-corrected chi connectivity index (χ1v) is 9.04. The van der Waals surface area contributed by atoms with E-state index in [-0.39, 0.29) is 29.9 Å². The lowest BCUT2D eigenvalue weighted by molar-refractivity contribution is -0.123. The number of nitrogens with one attached hydrogen (secondary N) is 1. The summed E-state index contributed by atoms with van der Waals surface area (Å²) in [6, 6.07) is -0.352. The van der Waals surface area contributed by atoms with Crippen LogP contribution in [0.1, 0.15) is 51.9 Å². The van der Waals surface area contributed by atoms with Gasteiger partial charge in [-0.3, -0.25) is 9.69 Å². The van der Waals surface area contributed by atoms with Gasteiger partial charge < -0.3 is 16.0 Å². The predicted octanol–water partition coefficient (Wildman–Crippen LogP) is 1.60. The van der Waals surface area contributed by atoms with Gasteiger partial charge >= 0.3 is 0 Å². The normalized spacial score (nSPS) is 23.8. The van der Waals surface area contributed by atoms with E-state index in [9.17, 15) is 4.79 Å². The minimum Gasteiger partial charge on any atom is -0.353 e. The fraction of sp³-hybridized carbons (Fsp3) is 0.941. The molecule has 1 amide bonds. The van der Waals surface area contributed by atoms with E-state index in [1.54, 1.807) is 0 Å². The highest BCUT2D eigenvalue weighted by atomic mass is 35.5. The van der Waals surface area contributed by atoms with E-state index in [0.29, 0.717) is 0 Å². The molecule has 6 heteroatoms. The molecule has 5 nitrogen and oxygen atoms in total. The first kappa shape index (κ1) is 20.7. The highest BCUT2D eigenvalue weighted by molar-refractivity contribution is 5.85. The van der Waals surface area contributed by atoms with Crippen molar-refractivity contribution in [2.45, 2.75) is 63.5 Å². The highest BCUT2D eigenvalue weighted by Crippen LogP contribution is 2.30. The number of nitrogens with zero attached hydrogens (tertiary/aromatic N) is 2. The summed E-state index contributed by atoms with van der Waals surface area (Å²) in [7, 11) is 2.19. The Labute approximate surface area is 147 Å². The summed E-state index contributed by atoms with van der Waals surface area (Å²) in [6.07, 6.45) is 7.95. The second-order valence-electron chi connectivity index (χ2n) is 7.19. The third-order valence-corrected chi connectivity index (χ3v) is 5.47. The third-order valence-electron chi connectivity index (χ3n) is 5.47. The molecular weight excluding hydrogens is 312 g/mol. The zero-order valence-corrected chi connectivity index (χ0v) is 15.7.